The molecule has 2 unspecified atom stereocenters. The lowest BCUT2D eigenvalue weighted by molar-refractivity contribution is -0.00469. The molecule has 0 spiro atoms. The van der Waals surface area contributed by atoms with Gasteiger partial charge in [0.25, 0.3) is 0 Å². The molecule has 4 aliphatic rings. The molecular weight excluding hydrogens is 256 g/mol. The molecule has 0 heterocycles. The zero-order valence-electron chi connectivity index (χ0n) is 13.7. The van der Waals surface area contributed by atoms with Gasteiger partial charge < -0.3 is 5.11 Å². The minimum atomic E-state index is -0.0414. The summed E-state index contributed by atoms with van der Waals surface area (Å²) in [6.07, 6.45) is 12.3. The number of fused-ring (bicyclic) bond motifs is 5. The van der Waals surface area contributed by atoms with E-state index in [0.717, 1.165) is 30.6 Å². The molecule has 0 bridgehead atoms. The zero-order valence-corrected chi connectivity index (χ0v) is 13.7. The van der Waals surface area contributed by atoms with Crippen LogP contribution in [-0.4, -0.2) is 11.2 Å². The van der Waals surface area contributed by atoms with Crippen LogP contribution < -0.4 is 0 Å². The van der Waals surface area contributed by atoms with Crippen LogP contribution in [0.25, 0.3) is 0 Å². The van der Waals surface area contributed by atoms with Crippen LogP contribution in [0.3, 0.4) is 0 Å². The maximum atomic E-state index is 10.1. The predicted molar refractivity (Wildman–Crippen MR) is 86.8 cm³/mol. The first-order valence-corrected chi connectivity index (χ1v) is 9.02. The summed E-state index contributed by atoms with van der Waals surface area (Å²) >= 11 is 0. The third-order valence-corrected chi connectivity index (χ3v) is 7.95. The summed E-state index contributed by atoms with van der Waals surface area (Å²) in [6, 6.07) is 0. The molecule has 4 rings (SSSR count). The summed E-state index contributed by atoms with van der Waals surface area (Å²) in [5.41, 5.74) is 4.05. The average molecular weight is 286 g/mol. The molecule has 116 valence electrons. The van der Waals surface area contributed by atoms with E-state index in [-0.39, 0.29) is 6.10 Å². The monoisotopic (exact) mass is 286 g/mol. The maximum Gasteiger partial charge on any atom is 0.0543 e. The fourth-order valence-electron chi connectivity index (χ4n) is 6.41. The van der Waals surface area contributed by atoms with E-state index in [9.17, 15) is 5.11 Å². The number of hydrogen-bond acceptors (Lipinski definition) is 1. The lowest BCUT2D eigenvalue weighted by Gasteiger charge is -2.56. The third kappa shape index (κ3) is 1.79. The van der Waals surface area contributed by atoms with Crippen LogP contribution >= 0.6 is 0 Å². The van der Waals surface area contributed by atoms with E-state index < -0.39 is 0 Å². The van der Waals surface area contributed by atoms with Crippen molar-refractivity contribution in [1.82, 2.24) is 0 Å². The van der Waals surface area contributed by atoms with Crippen molar-refractivity contribution in [2.75, 3.05) is 0 Å². The molecule has 0 aromatic carbocycles. The van der Waals surface area contributed by atoms with Gasteiger partial charge in [0.05, 0.1) is 6.10 Å². The highest BCUT2D eigenvalue weighted by molar-refractivity contribution is 5.33. The fraction of sp³-hybridized carbons (Fsp3) is 0.800. The maximum absolute atomic E-state index is 10.1. The van der Waals surface area contributed by atoms with Crippen LogP contribution in [0.15, 0.2) is 23.8 Å². The number of hydrogen-bond donors (Lipinski definition) is 1. The molecule has 21 heavy (non-hydrogen) atoms. The van der Waals surface area contributed by atoms with Gasteiger partial charge >= 0.3 is 0 Å². The van der Waals surface area contributed by atoms with E-state index in [4.69, 9.17) is 0 Å². The lowest BCUT2D eigenvalue weighted by atomic mass is 9.49. The molecule has 1 nitrogen and oxygen atoms in total. The van der Waals surface area contributed by atoms with E-state index in [1.807, 2.05) is 0 Å². The quantitative estimate of drug-likeness (QED) is 0.630. The van der Waals surface area contributed by atoms with Crippen LogP contribution in [0, 0.1) is 28.6 Å². The van der Waals surface area contributed by atoms with E-state index in [1.165, 1.54) is 44.1 Å². The number of rotatable bonds is 0. The van der Waals surface area contributed by atoms with Crippen molar-refractivity contribution in [2.24, 2.45) is 28.6 Å². The second-order valence-corrected chi connectivity index (χ2v) is 8.76. The predicted octanol–water partition coefficient (Wildman–Crippen LogP) is 4.87. The number of aliphatic hydroxyl groups is 1. The van der Waals surface area contributed by atoms with Gasteiger partial charge in [-0.05, 0) is 80.0 Å². The molecule has 0 amide bonds. The number of allylic oxidation sites excluding steroid dienone is 3. The Bertz CT molecular complexity index is 504. The molecule has 3 fully saturated rings. The van der Waals surface area contributed by atoms with E-state index in [0.29, 0.717) is 10.8 Å². The summed E-state index contributed by atoms with van der Waals surface area (Å²) < 4.78 is 0. The van der Waals surface area contributed by atoms with Crippen LogP contribution in [0.5, 0.6) is 0 Å². The Labute approximate surface area is 129 Å². The molecular formula is C20H30O. The molecule has 0 aromatic rings. The average Bonchev–Trinajstić information content (AvgIpc) is 2.76. The van der Waals surface area contributed by atoms with E-state index in [2.05, 4.69) is 26.5 Å². The van der Waals surface area contributed by atoms with Crippen molar-refractivity contribution in [2.45, 2.75) is 71.3 Å². The van der Waals surface area contributed by atoms with Gasteiger partial charge in [0.2, 0.25) is 0 Å². The zero-order chi connectivity index (χ0) is 14.8. The van der Waals surface area contributed by atoms with Gasteiger partial charge in [0.15, 0.2) is 0 Å². The van der Waals surface area contributed by atoms with E-state index >= 15 is 0 Å². The van der Waals surface area contributed by atoms with Crippen LogP contribution in [0.1, 0.15) is 65.2 Å². The molecule has 3 saturated carbocycles. The van der Waals surface area contributed by atoms with Crippen LogP contribution in [0.2, 0.25) is 0 Å². The summed E-state index contributed by atoms with van der Waals surface area (Å²) in [4.78, 5) is 0. The molecule has 6 atom stereocenters. The molecule has 1 N–H and O–H groups in total. The van der Waals surface area contributed by atoms with Gasteiger partial charge in [-0.3, -0.25) is 0 Å². The largest absolute Gasteiger partial charge is 0.393 e. The van der Waals surface area contributed by atoms with Gasteiger partial charge in [-0.1, -0.05) is 37.6 Å². The highest BCUT2D eigenvalue weighted by Gasteiger charge is 2.55. The standard InChI is InChI=1S/C20H30O/c1-13-4-7-17-16-6-5-14-12-15(21)8-10-20(14,3)18(16)9-11-19(13,17)2/h9,14-17,21H,1,4-8,10-12H2,2-3H3/t14-,15+,16?,17?,19-,20+/m1/s1. The molecule has 0 aliphatic heterocycles. The minimum Gasteiger partial charge on any atom is -0.393 e. The Morgan fingerprint density at radius 2 is 1.95 bits per heavy atom. The van der Waals surface area contributed by atoms with E-state index in [1.54, 1.807) is 5.57 Å². The Balaban J connectivity index is 1.71. The van der Waals surface area contributed by atoms with Gasteiger partial charge in [0, 0.05) is 0 Å². The summed E-state index contributed by atoms with van der Waals surface area (Å²) in [7, 11) is 0. The van der Waals surface area contributed by atoms with Crippen molar-refractivity contribution < 1.29 is 5.11 Å². The van der Waals surface area contributed by atoms with Gasteiger partial charge in [0.1, 0.15) is 0 Å². The van der Waals surface area contributed by atoms with Gasteiger partial charge in [-0.2, -0.15) is 0 Å². The molecule has 0 saturated heterocycles. The SMILES string of the molecule is C=C1CCC2C3CC[C@@H]4C[C@@H](O)CC[C@]4(C)C3=CC[C@]12C. The summed E-state index contributed by atoms with van der Waals surface area (Å²) in [5, 5.41) is 10.1. The Kier molecular flexibility index (Phi) is 2.99. The lowest BCUT2D eigenvalue weighted by Crippen LogP contribution is -2.47. The summed E-state index contributed by atoms with van der Waals surface area (Å²) in [5.74, 6) is 2.37. The van der Waals surface area contributed by atoms with Gasteiger partial charge in [-0.15, -0.1) is 0 Å². The van der Waals surface area contributed by atoms with Crippen molar-refractivity contribution >= 4 is 0 Å². The van der Waals surface area contributed by atoms with Crippen molar-refractivity contribution in [3.05, 3.63) is 23.8 Å². The van der Waals surface area contributed by atoms with Crippen LogP contribution in [0.4, 0.5) is 0 Å². The Morgan fingerprint density at radius 1 is 1.14 bits per heavy atom. The Morgan fingerprint density at radius 3 is 2.76 bits per heavy atom. The minimum absolute atomic E-state index is 0.0414. The molecule has 0 aromatic heterocycles. The van der Waals surface area contributed by atoms with Crippen LogP contribution in [-0.2, 0) is 0 Å². The highest BCUT2D eigenvalue weighted by Crippen LogP contribution is 2.64. The third-order valence-electron chi connectivity index (χ3n) is 7.95. The second kappa shape index (κ2) is 4.47. The van der Waals surface area contributed by atoms with Crippen molar-refractivity contribution in [1.29, 1.82) is 0 Å². The first-order valence-electron chi connectivity index (χ1n) is 9.02. The normalized spacial score (nSPS) is 52.7. The summed E-state index contributed by atoms with van der Waals surface area (Å²) in [6.45, 7) is 9.37. The fourth-order valence-corrected chi connectivity index (χ4v) is 6.41. The first kappa shape index (κ1) is 14.1. The van der Waals surface area contributed by atoms with Gasteiger partial charge in [-0.25, -0.2) is 0 Å². The number of aliphatic hydroxyl groups excluding tert-OH is 1. The van der Waals surface area contributed by atoms with Crippen molar-refractivity contribution in [3.63, 3.8) is 0 Å². The van der Waals surface area contributed by atoms with Crippen molar-refractivity contribution in [3.8, 4) is 0 Å². The topological polar surface area (TPSA) is 20.2 Å². The molecule has 4 aliphatic carbocycles. The first-order chi connectivity index (χ1) is 9.95. The smallest absolute Gasteiger partial charge is 0.0543 e. The molecule has 0 radical (unpaired) electrons. The highest BCUT2D eigenvalue weighted by atomic mass is 16.3. The second-order valence-electron chi connectivity index (χ2n) is 8.76. The Hall–Kier alpha value is -0.560. The molecule has 1 heteroatoms.